The van der Waals surface area contributed by atoms with Gasteiger partial charge in [0.25, 0.3) is 5.91 Å². The second-order valence-electron chi connectivity index (χ2n) is 5.38. The fourth-order valence-electron chi connectivity index (χ4n) is 2.19. The van der Waals surface area contributed by atoms with Gasteiger partial charge in [0.2, 0.25) is 5.91 Å². The molecule has 0 radical (unpaired) electrons. The Morgan fingerprint density at radius 2 is 1.76 bits per heavy atom. The van der Waals surface area contributed by atoms with Gasteiger partial charge in [-0.15, -0.1) is 0 Å². The first-order valence-electron chi connectivity index (χ1n) is 6.74. The van der Waals surface area contributed by atoms with Gasteiger partial charge < -0.3 is 4.90 Å². The van der Waals surface area contributed by atoms with Crippen LogP contribution in [-0.4, -0.2) is 54.3 Å². The molecule has 1 aromatic carbocycles. The Morgan fingerprint density at radius 3 is 2.29 bits per heavy atom. The van der Waals surface area contributed by atoms with Gasteiger partial charge in [0.05, 0.1) is 0 Å². The molecule has 1 saturated heterocycles. The summed E-state index contributed by atoms with van der Waals surface area (Å²) in [6, 6.07) is 6.31. The van der Waals surface area contributed by atoms with Crippen LogP contribution in [-0.2, 0) is 9.59 Å². The summed E-state index contributed by atoms with van der Waals surface area (Å²) in [6.45, 7) is 3.39. The van der Waals surface area contributed by atoms with Crippen molar-refractivity contribution in [2.24, 2.45) is 0 Å². The van der Waals surface area contributed by atoms with E-state index in [1.807, 2.05) is 19.1 Å². The van der Waals surface area contributed by atoms with E-state index in [-0.39, 0.29) is 18.4 Å². The molecule has 6 heteroatoms. The molecule has 21 heavy (non-hydrogen) atoms. The highest BCUT2D eigenvalue weighted by molar-refractivity contribution is 6.15. The summed E-state index contributed by atoms with van der Waals surface area (Å²) < 4.78 is 0. The number of benzene rings is 1. The SMILES string of the molecule is Cc1ccc(N2C(=O)N(CC(=O)N(C)C)C(=O)[C@@H]2C)cc1. The zero-order valence-electron chi connectivity index (χ0n) is 12.7. The van der Waals surface area contributed by atoms with Gasteiger partial charge in [-0.05, 0) is 26.0 Å². The molecular formula is C15H19N3O3. The van der Waals surface area contributed by atoms with E-state index in [2.05, 4.69) is 0 Å². The van der Waals surface area contributed by atoms with Gasteiger partial charge >= 0.3 is 6.03 Å². The molecular weight excluding hydrogens is 270 g/mol. The highest BCUT2D eigenvalue weighted by atomic mass is 16.2. The number of carbonyl (C=O) groups excluding carboxylic acids is 3. The van der Waals surface area contributed by atoms with Crippen LogP contribution in [0, 0.1) is 6.92 Å². The lowest BCUT2D eigenvalue weighted by atomic mass is 10.2. The zero-order valence-corrected chi connectivity index (χ0v) is 12.7. The minimum Gasteiger partial charge on any atom is -0.347 e. The van der Waals surface area contributed by atoms with Gasteiger partial charge in [-0.25, -0.2) is 4.79 Å². The van der Waals surface area contributed by atoms with E-state index in [0.29, 0.717) is 5.69 Å². The molecule has 4 amide bonds. The molecule has 6 nitrogen and oxygen atoms in total. The van der Waals surface area contributed by atoms with Crippen molar-refractivity contribution in [2.45, 2.75) is 19.9 Å². The fraction of sp³-hybridized carbons (Fsp3) is 0.400. The standard InChI is InChI=1S/C15H19N3O3/c1-10-5-7-12(8-6-10)18-11(2)14(20)17(15(18)21)9-13(19)16(3)4/h5-8,11H,9H2,1-4H3/t11-/m0/s1. The number of urea groups is 1. The Labute approximate surface area is 123 Å². The second-order valence-corrected chi connectivity index (χ2v) is 5.38. The van der Waals surface area contributed by atoms with Gasteiger partial charge in [-0.3, -0.25) is 19.4 Å². The smallest absolute Gasteiger partial charge is 0.332 e. The highest BCUT2D eigenvalue weighted by Crippen LogP contribution is 2.25. The maximum absolute atomic E-state index is 12.4. The van der Waals surface area contributed by atoms with Crippen LogP contribution in [0.2, 0.25) is 0 Å². The molecule has 0 unspecified atom stereocenters. The summed E-state index contributed by atoms with van der Waals surface area (Å²) in [6.07, 6.45) is 0. The van der Waals surface area contributed by atoms with E-state index in [9.17, 15) is 14.4 Å². The van der Waals surface area contributed by atoms with Gasteiger partial charge in [0.1, 0.15) is 12.6 Å². The topological polar surface area (TPSA) is 60.9 Å². The average Bonchev–Trinajstić information content (AvgIpc) is 2.64. The van der Waals surface area contributed by atoms with Crippen molar-refractivity contribution in [3.8, 4) is 0 Å². The minimum atomic E-state index is -0.602. The molecule has 0 spiro atoms. The largest absolute Gasteiger partial charge is 0.347 e. The van der Waals surface area contributed by atoms with Crippen LogP contribution in [0.3, 0.4) is 0 Å². The van der Waals surface area contributed by atoms with E-state index in [4.69, 9.17) is 0 Å². The van der Waals surface area contributed by atoms with Gasteiger partial charge in [-0.2, -0.15) is 0 Å². The Kier molecular flexibility index (Phi) is 3.97. The van der Waals surface area contributed by atoms with E-state index < -0.39 is 12.1 Å². The molecule has 0 aliphatic carbocycles. The van der Waals surface area contributed by atoms with E-state index in [0.717, 1.165) is 10.5 Å². The number of hydrogen-bond acceptors (Lipinski definition) is 3. The van der Waals surface area contributed by atoms with Crippen LogP contribution in [0.1, 0.15) is 12.5 Å². The number of likely N-dealkylation sites (N-methyl/N-ethyl adjacent to an activating group) is 1. The molecule has 0 aromatic heterocycles. The van der Waals surface area contributed by atoms with E-state index >= 15 is 0 Å². The number of amides is 4. The Hall–Kier alpha value is -2.37. The lowest BCUT2D eigenvalue weighted by Gasteiger charge is -2.20. The van der Waals surface area contributed by atoms with Crippen molar-refractivity contribution in [2.75, 3.05) is 25.5 Å². The normalized spacial score (nSPS) is 18.4. The van der Waals surface area contributed by atoms with Crippen LogP contribution in [0.15, 0.2) is 24.3 Å². The number of carbonyl (C=O) groups is 3. The molecule has 1 atom stereocenters. The first-order chi connectivity index (χ1) is 9.82. The van der Waals surface area contributed by atoms with Crippen LogP contribution in [0.5, 0.6) is 0 Å². The van der Waals surface area contributed by atoms with Crippen molar-refractivity contribution >= 4 is 23.5 Å². The maximum Gasteiger partial charge on any atom is 0.332 e. The number of imide groups is 1. The Morgan fingerprint density at radius 1 is 1.19 bits per heavy atom. The minimum absolute atomic E-state index is 0.225. The van der Waals surface area contributed by atoms with Crippen molar-refractivity contribution in [3.63, 3.8) is 0 Å². The Bertz CT molecular complexity index is 580. The number of nitrogens with zero attached hydrogens (tertiary/aromatic N) is 3. The zero-order chi connectivity index (χ0) is 15.7. The molecule has 112 valence electrons. The molecule has 0 bridgehead atoms. The van der Waals surface area contributed by atoms with Gasteiger partial charge in [-0.1, -0.05) is 17.7 Å². The Balaban J connectivity index is 2.26. The predicted molar refractivity (Wildman–Crippen MR) is 78.9 cm³/mol. The third-order valence-electron chi connectivity index (χ3n) is 3.55. The quantitative estimate of drug-likeness (QED) is 0.787. The summed E-state index contributed by atoms with van der Waals surface area (Å²) in [5.74, 6) is -0.634. The van der Waals surface area contributed by atoms with Crippen LogP contribution >= 0.6 is 0 Å². The van der Waals surface area contributed by atoms with Crippen LogP contribution in [0.25, 0.3) is 0 Å². The second kappa shape index (κ2) is 5.55. The molecule has 1 heterocycles. The highest BCUT2D eigenvalue weighted by Gasteiger charge is 2.44. The van der Waals surface area contributed by atoms with Gasteiger partial charge in [0.15, 0.2) is 0 Å². The van der Waals surface area contributed by atoms with Crippen molar-refractivity contribution in [1.82, 2.24) is 9.80 Å². The van der Waals surface area contributed by atoms with Gasteiger partial charge in [0, 0.05) is 19.8 Å². The van der Waals surface area contributed by atoms with Crippen molar-refractivity contribution < 1.29 is 14.4 Å². The first kappa shape index (κ1) is 15.0. The molecule has 1 aromatic rings. The average molecular weight is 289 g/mol. The number of aryl methyl sites for hydroxylation is 1. The number of rotatable bonds is 3. The van der Waals surface area contributed by atoms with Crippen molar-refractivity contribution in [3.05, 3.63) is 29.8 Å². The van der Waals surface area contributed by atoms with E-state index in [1.165, 1.54) is 9.80 Å². The number of anilines is 1. The lowest BCUT2D eigenvalue weighted by Crippen LogP contribution is -2.41. The molecule has 1 aliphatic heterocycles. The lowest BCUT2D eigenvalue weighted by molar-refractivity contribution is -0.135. The monoisotopic (exact) mass is 289 g/mol. The third-order valence-corrected chi connectivity index (χ3v) is 3.55. The van der Waals surface area contributed by atoms with E-state index in [1.54, 1.807) is 33.2 Å². The molecule has 0 saturated carbocycles. The third kappa shape index (κ3) is 2.74. The summed E-state index contributed by atoms with van der Waals surface area (Å²) in [5, 5.41) is 0. The number of hydrogen-bond donors (Lipinski definition) is 0. The summed E-state index contributed by atoms with van der Waals surface area (Å²) in [7, 11) is 3.18. The maximum atomic E-state index is 12.4. The van der Waals surface area contributed by atoms with Crippen molar-refractivity contribution in [1.29, 1.82) is 0 Å². The van der Waals surface area contributed by atoms with Crippen LogP contribution < -0.4 is 4.90 Å². The summed E-state index contributed by atoms with van der Waals surface area (Å²) in [5.41, 5.74) is 1.73. The predicted octanol–water partition coefficient (Wildman–Crippen LogP) is 1.24. The first-order valence-corrected chi connectivity index (χ1v) is 6.74. The summed E-state index contributed by atoms with van der Waals surface area (Å²) in [4.78, 5) is 40.2. The molecule has 0 N–H and O–H groups in total. The summed E-state index contributed by atoms with van der Waals surface area (Å²) >= 11 is 0. The van der Waals surface area contributed by atoms with Crippen LogP contribution in [0.4, 0.5) is 10.5 Å². The molecule has 1 aliphatic rings. The molecule has 2 rings (SSSR count). The fourth-order valence-corrected chi connectivity index (χ4v) is 2.19. The molecule has 1 fully saturated rings.